The molecule has 2 aliphatic heterocycles. The third-order valence-corrected chi connectivity index (χ3v) is 6.57. The summed E-state index contributed by atoms with van der Waals surface area (Å²) in [4.78, 5) is 1.24. The monoisotopic (exact) mass is 432 g/mol. The number of rotatable bonds is 5. The molecule has 0 aromatic heterocycles. The standard InChI is InChI=1S/C25H24N2O3S/c1-28-18-11-7-17(8-12-18)25-27-22(20-5-4-6-23(29-2)24(20)30-25)15-21(26-27)16-9-13-19(31-3)14-10-16/h4-14,22,25H,15H2,1-3H3. The number of hydrogen-bond donors (Lipinski definition) is 0. The molecule has 2 atom stereocenters. The summed E-state index contributed by atoms with van der Waals surface area (Å²) in [5.41, 5.74) is 4.33. The number of hydrogen-bond acceptors (Lipinski definition) is 6. The molecule has 3 aromatic carbocycles. The number of fused-ring (bicyclic) bond motifs is 3. The predicted octanol–water partition coefficient (Wildman–Crippen LogP) is 5.67. The second kappa shape index (κ2) is 8.19. The Morgan fingerprint density at radius 3 is 2.42 bits per heavy atom. The van der Waals surface area contributed by atoms with Gasteiger partial charge in [-0.3, -0.25) is 0 Å². The van der Waals surface area contributed by atoms with Crippen molar-refractivity contribution in [1.82, 2.24) is 5.01 Å². The molecule has 0 aliphatic carbocycles. The summed E-state index contributed by atoms with van der Waals surface area (Å²) in [5.74, 6) is 2.35. The van der Waals surface area contributed by atoms with Crippen molar-refractivity contribution in [3.05, 3.63) is 83.4 Å². The maximum absolute atomic E-state index is 6.50. The van der Waals surface area contributed by atoms with E-state index in [1.54, 1.807) is 26.0 Å². The maximum atomic E-state index is 6.50. The van der Waals surface area contributed by atoms with Gasteiger partial charge >= 0.3 is 0 Å². The van der Waals surface area contributed by atoms with Gasteiger partial charge in [0.05, 0.1) is 26.0 Å². The minimum absolute atomic E-state index is 0.0844. The quantitative estimate of drug-likeness (QED) is 0.486. The van der Waals surface area contributed by atoms with Gasteiger partial charge in [-0.2, -0.15) is 5.10 Å². The normalized spacial score (nSPS) is 19.2. The molecule has 0 saturated carbocycles. The SMILES string of the molecule is COc1ccc(C2Oc3c(OC)cccc3C3CC(c4ccc(SC)cc4)=NN32)cc1. The topological polar surface area (TPSA) is 43.3 Å². The molecule has 0 radical (unpaired) electrons. The van der Waals surface area contributed by atoms with Crippen molar-refractivity contribution in [1.29, 1.82) is 0 Å². The van der Waals surface area contributed by atoms with Crippen LogP contribution in [0, 0.1) is 0 Å². The minimum Gasteiger partial charge on any atom is -0.497 e. The first-order valence-corrected chi connectivity index (χ1v) is 11.4. The smallest absolute Gasteiger partial charge is 0.214 e. The molecular formula is C25H24N2O3S. The van der Waals surface area contributed by atoms with Gasteiger partial charge in [0.1, 0.15) is 5.75 Å². The first-order chi connectivity index (χ1) is 15.2. The Balaban J connectivity index is 1.57. The number of nitrogens with zero attached hydrogens (tertiary/aromatic N) is 2. The molecule has 0 fully saturated rings. The molecule has 2 aliphatic rings. The van der Waals surface area contributed by atoms with E-state index in [-0.39, 0.29) is 12.3 Å². The van der Waals surface area contributed by atoms with E-state index in [1.807, 2.05) is 36.4 Å². The molecule has 158 valence electrons. The summed E-state index contributed by atoms with van der Waals surface area (Å²) in [7, 11) is 3.35. The molecule has 5 nitrogen and oxygen atoms in total. The molecule has 0 spiro atoms. The zero-order valence-corrected chi connectivity index (χ0v) is 18.6. The highest BCUT2D eigenvalue weighted by atomic mass is 32.2. The zero-order valence-electron chi connectivity index (χ0n) is 17.7. The highest BCUT2D eigenvalue weighted by Gasteiger charge is 2.42. The van der Waals surface area contributed by atoms with Crippen LogP contribution >= 0.6 is 11.8 Å². The van der Waals surface area contributed by atoms with E-state index in [1.165, 1.54) is 4.90 Å². The van der Waals surface area contributed by atoms with Crippen LogP contribution in [-0.4, -0.2) is 31.2 Å². The number of thioether (sulfide) groups is 1. The maximum Gasteiger partial charge on any atom is 0.214 e. The van der Waals surface area contributed by atoms with E-state index in [0.29, 0.717) is 0 Å². The van der Waals surface area contributed by atoms with E-state index < -0.39 is 0 Å². The predicted molar refractivity (Wildman–Crippen MR) is 123 cm³/mol. The molecule has 0 bridgehead atoms. The number of para-hydroxylation sites is 1. The lowest BCUT2D eigenvalue weighted by molar-refractivity contribution is -0.0209. The van der Waals surface area contributed by atoms with Crippen molar-refractivity contribution >= 4 is 17.5 Å². The lowest BCUT2D eigenvalue weighted by Crippen LogP contribution is -2.33. The molecular weight excluding hydrogens is 408 g/mol. The molecule has 6 heteroatoms. The molecule has 2 heterocycles. The highest BCUT2D eigenvalue weighted by Crippen LogP contribution is 2.50. The number of ether oxygens (including phenoxy) is 3. The van der Waals surface area contributed by atoms with Crippen molar-refractivity contribution in [2.45, 2.75) is 23.6 Å². The molecule has 31 heavy (non-hydrogen) atoms. The Morgan fingerprint density at radius 2 is 1.74 bits per heavy atom. The lowest BCUT2D eigenvalue weighted by Gasteiger charge is -2.38. The number of methoxy groups -OCH3 is 2. The van der Waals surface area contributed by atoms with Crippen molar-refractivity contribution in [3.8, 4) is 17.2 Å². The van der Waals surface area contributed by atoms with Gasteiger partial charge in [0, 0.05) is 22.4 Å². The van der Waals surface area contributed by atoms with Gasteiger partial charge in [0.25, 0.3) is 0 Å². The fraction of sp³-hybridized carbons (Fsp3) is 0.240. The van der Waals surface area contributed by atoms with Crippen LogP contribution < -0.4 is 14.2 Å². The van der Waals surface area contributed by atoms with Crippen LogP contribution in [0.1, 0.15) is 35.4 Å². The third-order valence-electron chi connectivity index (χ3n) is 5.82. The van der Waals surface area contributed by atoms with Gasteiger partial charge in [0.15, 0.2) is 11.5 Å². The van der Waals surface area contributed by atoms with Crippen molar-refractivity contribution in [2.75, 3.05) is 20.5 Å². The first-order valence-electron chi connectivity index (χ1n) is 10.2. The Hall–Kier alpha value is -3.12. The average molecular weight is 433 g/mol. The summed E-state index contributed by atoms with van der Waals surface area (Å²) in [6.07, 6.45) is 2.56. The third kappa shape index (κ3) is 3.51. The fourth-order valence-corrected chi connectivity index (χ4v) is 4.60. The van der Waals surface area contributed by atoms with Gasteiger partial charge < -0.3 is 14.2 Å². The van der Waals surface area contributed by atoms with E-state index in [9.17, 15) is 0 Å². The van der Waals surface area contributed by atoms with E-state index in [0.717, 1.165) is 46.1 Å². The van der Waals surface area contributed by atoms with E-state index in [4.69, 9.17) is 19.3 Å². The molecule has 3 aromatic rings. The Kier molecular flexibility index (Phi) is 5.24. The summed E-state index contributed by atoms with van der Waals surface area (Å²) in [6.45, 7) is 0. The van der Waals surface area contributed by atoms with Crippen molar-refractivity contribution in [3.63, 3.8) is 0 Å². The summed E-state index contributed by atoms with van der Waals surface area (Å²) < 4.78 is 17.4. The Morgan fingerprint density at radius 1 is 0.968 bits per heavy atom. The van der Waals surface area contributed by atoms with Crippen LogP contribution in [0.4, 0.5) is 0 Å². The van der Waals surface area contributed by atoms with Crippen molar-refractivity contribution in [2.24, 2.45) is 5.10 Å². The van der Waals surface area contributed by atoms with E-state index >= 15 is 0 Å². The average Bonchev–Trinajstić information content (AvgIpc) is 3.29. The summed E-state index contributed by atoms with van der Waals surface area (Å²) in [6, 6.07) is 22.7. The van der Waals surface area contributed by atoms with Gasteiger partial charge in [0.2, 0.25) is 6.23 Å². The van der Waals surface area contributed by atoms with Crippen LogP contribution in [-0.2, 0) is 0 Å². The van der Waals surface area contributed by atoms with Crippen LogP contribution in [0.3, 0.4) is 0 Å². The van der Waals surface area contributed by atoms with Gasteiger partial charge in [-0.05, 0) is 54.3 Å². The zero-order chi connectivity index (χ0) is 21.4. The summed E-state index contributed by atoms with van der Waals surface area (Å²) >= 11 is 1.74. The minimum atomic E-state index is -0.345. The Bertz CT molecular complexity index is 1110. The number of benzene rings is 3. The second-order valence-corrected chi connectivity index (χ2v) is 8.38. The molecule has 2 unspecified atom stereocenters. The molecule has 0 N–H and O–H groups in total. The van der Waals surface area contributed by atoms with Gasteiger partial charge in [-0.1, -0.05) is 24.3 Å². The van der Waals surface area contributed by atoms with Crippen LogP contribution in [0.25, 0.3) is 0 Å². The fourth-order valence-electron chi connectivity index (χ4n) is 4.19. The van der Waals surface area contributed by atoms with Crippen LogP contribution in [0.15, 0.2) is 76.7 Å². The molecule has 0 amide bonds. The highest BCUT2D eigenvalue weighted by molar-refractivity contribution is 7.98. The van der Waals surface area contributed by atoms with Crippen LogP contribution in [0.2, 0.25) is 0 Å². The lowest BCUT2D eigenvalue weighted by atomic mass is 9.95. The molecule has 5 rings (SSSR count). The van der Waals surface area contributed by atoms with Crippen LogP contribution in [0.5, 0.6) is 17.2 Å². The van der Waals surface area contributed by atoms with E-state index in [2.05, 4.69) is 41.6 Å². The Labute approximate surface area is 186 Å². The number of hydrazone groups is 1. The molecule has 0 saturated heterocycles. The van der Waals surface area contributed by atoms with Gasteiger partial charge in [-0.25, -0.2) is 5.01 Å². The first kappa shape index (κ1) is 19.8. The second-order valence-electron chi connectivity index (χ2n) is 7.50. The summed E-state index contributed by atoms with van der Waals surface area (Å²) in [5, 5.41) is 7.12. The van der Waals surface area contributed by atoms with Crippen molar-refractivity contribution < 1.29 is 14.2 Å². The largest absolute Gasteiger partial charge is 0.497 e. The van der Waals surface area contributed by atoms with Gasteiger partial charge in [-0.15, -0.1) is 11.8 Å².